The van der Waals surface area contributed by atoms with Crippen molar-refractivity contribution in [3.63, 3.8) is 0 Å². The van der Waals surface area contributed by atoms with Gasteiger partial charge < -0.3 is 19.9 Å². The molecule has 6 heteroatoms. The Hall–Kier alpha value is -2.76. The number of phenolic OH excluding ortho intramolecular Hbond substituents is 1. The van der Waals surface area contributed by atoms with Crippen molar-refractivity contribution in [2.24, 2.45) is 0 Å². The number of carbonyl (C=O) groups excluding carboxylic acids is 2. The Morgan fingerprint density at radius 2 is 1.92 bits per heavy atom. The second kappa shape index (κ2) is 11.0. The average molecular weight is 361 g/mol. The van der Waals surface area contributed by atoms with Gasteiger partial charge in [0.25, 0.3) is 0 Å². The molecule has 0 radical (unpaired) electrons. The van der Waals surface area contributed by atoms with Gasteiger partial charge in [-0.1, -0.05) is 23.3 Å². The van der Waals surface area contributed by atoms with Gasteiger partial charge in [0.15, 0.2) is 11.5 Å². The lowest BCUT2D eigenvalue weighted by molar-refractivity contribution is -0.154. The topological polar surface area (TPSA) is 84.9 Å². The van der Waals surface area contributed by atoms with Crippen LogP contribution in [0.3, 0.4) is 0 Å². The van der Waals surface area contributed by atoms with E-state index in [1.54, 1.807) is 18.2 Å². The normalized spacial score (nSPS) is 10.8. The highest BCUT2D eigenvalue weighted by atomic mass is 16.5. The molecule has 0 aromatic heterocycles. The summed E-state index contributed by atoms with van der Waals surface area (Å²) in [6.45, 7) is 6.26. The minimum Gasteiger partial charge on any atom is -0.504 e. The summed E-state index contributed by atoms with van der Waals surface area (Å²) in [4.78, 5) is 23.5. The number of methoxy groups -OCH3 is 1. The smallest absolute Gasteiger partial charge is 0.397 e. The summed E-state index contributed by atoms with van der Waals surface area (Å²) in [6, 6.07) is 4.67. The number of hydrogen-bond donors (Lipinski definition) is 2. The molecule has 0 heterocycles. The summed E-state index contributed by atoms with van der Waals surface area (Å²) >= 11 is 0. The number of amides is 1. The molecule has 1 amide bonds. The van der Waals surface area contributed by atoms with Crippen molar-refractivity contribution in [1.82, 2.24) is 5.32 Å². The number of carbonyl (C=O) groups is 2. The zero-order valence-corrected chi connectivity index (χ0v) is 15.8. The van der Waals surface area contributed by atoms with Crippen molar-refractivity contribution in [3.05, 3.63) is 47.1 Å². The van der Waals surface area contributed by atoms with Gasteiger partial charge in [-0.25, -0.2) is 4.79 Å². The molecule has 0 atom stereocenters. The van der Waals surface area contributed by atoms with Crippen LogP contribution in [-0.2, 0) is 20.9 Å². The number of benzene rings is 1. The Labute approximate surface area is 154 Å². The molecule has 1 rings (SSSR count). The monoisotopic (exact) mass is 361 g/mol. The van der Waals surface area contributed by atoms with E-state index >= 15 is 0 Å². The van der Waals surface area contributed by atoms with Gasteiger partial charge in [0.1, 0.15) is 6.61 Å². The molecule has 2 N–H and O–H groups in total. The molecule has 142 valence electrons. The van der Waals surface area contributed by atoms with E-state index in [0.29, 0.717) is 11.3 Å². The van der Waals surface area contributed by atoms with Crippen molar-refractivity contribution in [1.29, 1.82) is 0 Å². The number of phenols is 1. The largest absolute Gasteiger partial charge is 0.504 e. The fourth-order valence-electron chi connectivity index (χ4n) is 2.10. The number of hydrogen-bond acceptors (Lipinski definition) is 5. The molecular weight excluding hydrogens is 334 g/mol. The Morgan fingerprint density at radius 1 is 1.19 bits per heavy atom. The van der Waals surface area contributed by atoms with E-state index in [0.717, 1.165) is 18.4 Å². The summed E-state index contributed by atoms with van der Waals surface area (Å²) in [5.74, 6) is -1.43. The Morgan fingerprint density at radius 3 is 2.58 bits per heavy atom. The van der Waals surface area contributed by atoms with Crippen LogP contribution in [-0.4, -0.2) is 30.7 Å². The minimum atomic E-state index is -0.927. The third-order valence-corrected chi connectivity index (χ3v) is 3.62. The van der Waals surface area contributed by atoms with E-state index in [2.05, 4.69) is 11.4 Å². The number of aromatic hydroxyl groups is 1. The minimum absolute atomic E-state index is 0.00808. The van der Waals surface area contributed by atoms with Crippen LogP contribution < -0.4 is 10.1 Å². The zero-order valence-electron chi connectivity index (χ0n) is 15.8. The van der Waals surface area contributed by atoms with Crippen LogP contribution in [0.15, 0.2) is 41.5 Å². The van der Waals surface area contributed by atoms with Crippen molar-refractivity contribution in [2.75, 3.05) is 13.7 Å². The van der Waals surface area contributed by atoms with Crippen LogP contribution in [0.2, 0.25) is 0 Å². The zero-order chi connectivity index (χ0) is 19.5. The van der Waals surface area contributed by atoms with Gasteiger partial charge in [0.05, 0.1) is 7.11 Å². The van der Waals surface area contributed by atoms with Crippen LogP contribution in [0.25, 0.3) is 0 Å². The van der Waals surface area contributed by atoms with E-state index in [-0.39, 0.29) is 18.9 Å². The van der Waals surface area contributed by atoms with Crippen molar-refractivity contribution < 1.29 is 24.2 Å². The van der Waals surface area contributed by atoms with Gasteiger partial charge in [0, 0.05) is 6.54 Å². The van der Waals surface area contributed by atoms with E-state index in [4.69, 9.17) is 9.47 Å². The molecule has 0 saturated heterocycles. The SMILES string of the molecule is COc1cc(CNC(=O)C(=O)OC/C=C(\C)CCC=C(C)C)ccc1O. The number of nitrogens with one attached hydrogen (secondary N) is 1. The fourth-order valence-corrected chi connectivity index (χ4v) is 2.10. The summed E-state index contributed by atoms with van der Waals surface area (Å²) in [7, 11) is 1.43. The molecule has 0 aliphatic rings. The van der Waals surface area contributed by atoms with Crippen LogP contribution >= 0.6 is 0 Å². The lowest BCUT2D eigenvalue weighted by Gasteiger charge is -2.08. The molecule has 6 nitrogen and oxygen atoms in total. The number of esters is 1. The van der Waals surface area contributed by atoms with E-state index in [1.165, 1.54) is 18.7 Å². The Bertz CT molecular complexity index is 687. The Kier molecular flexibility index (Phi) is 8.98. The van der Waals surface area contributed by atoms with E-state index in [1.807, 2.05) is 20.8 Å². The van der Waals surface area contributed by atoms with Crippen LogP contribution in [0.1, 0.15) is 39.2 Å². The number of allylic oxidation sites excluding steroid dienone is 3. The second-order valence-corrected chi connectivity index (χ2v) is 6.16. The second-order valence-electron chi connectivity index (χ2n) is 6.16. The first kappa shape index (κ1) is 21.3. The van der Waals surface area contributed by atoms with Gasteiger partial charge in [0.2, 0.25) is 0 Å². The molecule has 0 aliphatic carbocycles. The predicted molar refractivity (Wildman–Crippen MR) is 99.9 cm³/mol. The first-order chi connectivity index (χ1) is 12.3. The molecule has 1 aromatic rings. The predicted octanol–water partition coefficient (Wildman–Crippen LogP) is 3.25. The number of rotatable bonds is 8. The van der Waals surface area contributed by atoms with Gasteiger partial charge >= 0.3 is 11.9 Å². The van der Waals surface area contributed by atoms with Crippen LogP contribution in [0, 0.1) is 0 Å². The maximum Gasteiger partial charge on any atom is 0.397 e. The molecule has 26 heavy (non-hydrogen) atoms. The summed E-state index contributed by atoms with van der Waals surface area (Å²) in [5, 5.41) is 12.0. The highest BCUT2D eigenvalue weighted by Crippen LogP contribution is 2.26. The lowest BCUT2D eigenvalue weighted by atomic mass is 10.1. The van der Waals surface area contributed by atoms with Gasteiger partial charge in [-0.2, -0.15) is 0 Å². The number of ether oxygens (including phenoxy) is 2. The molecule has 1 aromatic carbocycles. The first-order valence-electron chi connectivity index (χ1n) is 8.43. The Balaban J connectivity index is 2.39. The van der Waals surface area contributed by atoms with Crippen molar-refractivity contribution >= 4 is 11.9 Å². The third kappa shape index (κ3) is 7.88. The molecular formula is C20H27NO5. The first-order valence-corrected chi connectivity index (χ1v) is 8.43. The summed E-state index contributed by atoms with van der Waals surface area (Å²) in [5.41, 5.74) is 3.06. The highest BCUT2D eigenvalue weighted by molar-refractivity contribution is 6.32. The van der Waals surface area contributed by atoms with Crippen LogP contribution in [0.4, 0.5) is 0 Å². The third-order valence-electron chi connectivity index (χ3n) is 3.62. The van der Waals surface area contributed by atoms with Gasteiger partial charge in [-0.05, 0) is 57.4 Å². The molecule has 0 unspecified atom stereocenters. The average Bonchev–Trinajstić information content (AvgIpc) is 2.60. The van der Waals surface area contributed by atoms with Crippen LogP contribution in [0.5, 0.6) is 11.5 Å². The lowest BCUT2D eigenvalue weighted by Crippen LogP contribution is -2.32. The van der Waals surface area contributed by atoms with E-state index < -0.39 is 11.9 Å². The maximum atomic E-state index is 11.8. The highest BCUT2D eigenvalue weighted by Gasteiger charge is 2.14. The molecule has 0 fully saturated rings. The molecule has 0 saturated carbocycles. The summed E-state index contributed by atoms with van der Waals surface area (Å²) < 4.78 is 9.94. The quantitative estimate of drug-likeness (QED) is 0.422. The molecule has 0 spiro atoms. The van der Waals surface area contributed by atoms with Gasteiger partial charge in [-0.3, -0.25) is 4.79 Å². The van der Waals surface area contributed by atoms with Crippen molar-refractivity contribution in [3.8, 4) is 11.5 Å². The van der Waals surface area contributed by atoms with E-state index in [9.17, 15) is 14.7 Å². The molecule has 0 aliphatic heterocycles. The molecule has 0 bridgehead atoms. The van der Waals surface area contributed by atoms with Gasteiger partial charge in [-0.15, -0.1) is 0 Å². The maximum absolute atomic E-state index is 11.8. The standard InChI is InChI=1S/C20H27NO5/c1-14(2)6-5-7-15(3)10-11-26-20(24)19(23)21-13-16-8-9-17(22)18(12-16)25-4/h6,8-10,12,22H,5,7,11,13H2,1-4H3,(H,21,23)/b15-10+. The van der Waals surface area contributed by atoms with Crippen molar-refractivity contribution in [2.45, 2.75) is 40.2 Å². The summed E-state index contributed by atoms with van der Waals surface area (Å²) in [6.07, 6.45) is 5.77. The fraction of sp³-hybridized carbons (Fsp3) is 0.400.